The van der Waals surface area contributed by atoms with Gasteiger partial charge in [-0.3, -0.25) is 4.79 Å². The van der Waals surface area contributed by atoms with Crippen molar-refractivity contribution in [1.82, 2.24) is 5.32 Å². The van der Waals surface area contributed by atoms with Gasteiger partial charge in [-0.15, -0.1) is 11.6 Å². The molecule has 0 aromatic carbocycles. The van der Waals surface area contributed by atoms with Gasteiger partial charge in [0.15, 0.2) is 0 Å². The largest absolute Gasteiger partial charge is 0.353 e. The van der Waals surface area contributed by atoms with E-state index in [-0.39, 0.29) is 11.8 Å². The van der Waals surface area contributed by atoms with Gasteiger partial charge in [-0.25, -0.2) is 0 Å². The van der Waals surface area contributed by atoms with Gasteiger partial charge in [0, 0.05) is 17.8 Å². The summed E-state index contributed by atoms with van der Waals surface area (Å²) in [4.78, 5) is 11.3. The molecule has 0 aromatic heterocycles. The molecule has 1 saturated carbocycles. The van der Waals surface area contributed by atoms with E-state index in [4.69, 9.17) is 11.6 Å². The Labute approximate surface area is 78.7 Å². The van der Waals surface area contributed by atoms with Crippen LogP contribution in [0.5, 0.6) is 0 Å². The highest BCUT2D eigenvalue weighted by atomic mass is 35.5. The van der Waals surface area contributed by atoms with Crippen LogP contribution in [0.2, 0.25) is 0 Å². The topological polar surface area (TPSA) is 29.1 Å². The van der Waals surface area contributed by atoms with Crippen LogP contribution in [0.25, 0.3) is 0 Å². The van der Waals surface area contributed by atoms with Crippen molar-refractivity contribution in [2.75, 3.05) is 5.88 Å². The van der Waals surface area contributed by atoms with Crippen LogP contribution in [0.4, 0.5) is 0 Å². The minimum absolute atomic E-state index is 0.0488. The van der Waals surface area contributed by atoms with Crippen molar-refractivity contribution in [2.24, 2.45) is 5.92 Å². The van der Waals surface area contributed by atoms with Gasteiger partial charge in [0.25, 0.3) is 0 Å². The van der Waals surface area contributed by atoms with Crippen LogP contribution in [-0.2, 0) is 4.79 Å². The number of amides is 1. The number of halogens is 1. The number of hydrogen-bond acceptors (Lipinski definition) is 1. The summed E-state index contributed by atoms with van der Waals surface area (Å²) < 4.78 is 0. The Morgan fingerprint density at radius 1 is 1.58 bits per heavy atom. The average Bonchev–Trinajstić information content (AvgIpc) is 2.55. The molecule has 0 spiro atoms. The SMILES string of the molecule is CC(CCl)C(=O)NC1CCCC1. The molecule has 1 aliphatic carbocycles. The third kappa shape index (κ3) is 2.67. The van der Waals surface area contributed by atoms with Crippen molar-refractivity contribution in [2.45, 2.75) is 38.6 Å². The highest BCUT2D eigenvalue weighted by Crippen LogP contribution is 2.18. The minimum Gasteiger partial charge on any atom is -0.353 e. The van der Waals surface area contributed by atoms with E-state index in [9.17, 15) is 4.79 Å². The number of hydrogen-bond donors (Lipinski definition) is 1. The van der Waals surface area contributed by atoms with Crippen LogP contribution < -0.4 is 5.32 Å². The number of nitrogens with one attached hydrogen (secondary N) is 1. The first kappa shape index (κ1) is 9.85. The molecule has 12 heavy (non-hydrogen) atoms. The Balaban J connectivity index is 2.25. The molecule has 0 heterocycles. The second-order valence-electron chi connectivity index (χ2n) is 3.55. The van der Waals surface area contributed by atoms with Gasteiger partial charge in [-0.1, -0.05) is 19.8 Å². The van der Waals surface area contributed by atoms with E-state index in [0.29, 0.717) is 11.9 Å². The van der Waals surface area contributed by atoms with Crippen LogP contribution in [0.15, 0.2) is 0 Å². The van der Waals surface area contributed by atoms with E-state index in [1.807, 2.05) is 6.92 Å². The quantitative estimate of drug-likeness (QED) is 0.676. The lowest BCUT2D eigenvalue weighted by Gasteiger charge is -2.14. The standard InChI is InChI=1S/C9H16ClNO/c1-7(6-10)9(12)11-8-4-2-3-5-8/h7-8H,2-6H2,1H3,(H,11,12). The lowest BCUT2D eigenvalue weighted by molar-refractivity contribution is -0.124. The summed E-state index contributed by atoms with van der Waals surface area (Å²) in [6.45, 7) is 1.86. The lowest BCUT2D eigenvalue weighted by atomic mass is 10.1. The molecule has 70 valence electrons. The van der Waals surface area contributed by atoms with Gasteiger partial charge >= 0.3 is 0 Å². The Bertz CT molecular complexity index is 155. The summed E-state index contributed by atoms with van der Waals surface area (Å²) in [7, 11) is 0. The highest BCUT2D eigenvalue weighted by Gasteiger charge is 2.19. The normalized spacial score (nSPS) is 20.8. The summed E-state index contributed by atoms with van der Waals surface area (Å²) >= 11 is 5.57. The molecular weight excluding hydrogens is 174 g/mol. The molecule has 1 N–H and O–H groups in total. The fraction of sp³-hybridized carbons (Fsp3) is 0.889. The Hall–Kier alpha value is -0.240. The van der Waals surface area contributed by atoms with Crippen LogP contribution in [0.3, 0.4) is 0 Å². The van der Waals surface area contributed by atoms with Crippen LogP contribution in [0.1, 0.15) is 32.6 Å². The van der Waals surface area contributed by atoms with E-state index in [1.165, 1.54) is 12.8 Å². The van der Waals surface area contributed by atoms with Crippen molar-refractivity contribution in [1.29, 1.82) is 0 Å². The number of alkyl halides is 1. The van der Waals surface area contributed by atoms with Gasteiger partial charge in [0.1, 0.15) is 0 Å². The van der Waals surface area contributed by atoms with Crippen molar-refractivity contribution >= 4 is 17.5 Å². The molecule has 1 aliphatic rings. The fourth-order valence-corrected chi connectivity index (χ4v) is 1.62. The molecule has 1 rings (SSSR count). The maximum atomic E-state index is 11.3. The molecule has 1 atom stereocenters. The Kier molecular flexibility index (Phi) is 3.86. The molecule has 0 aliphatic heterocycles. The van der Waals surface area contributed by atoms with Gasteiger partial charge in [0.2, 0.25) is 5.91 Å². The summed E-state index contributed by atoms with van der Waals surface area (Å²) in [5.74, 6) is 0.475. The fourth-order valence-electron chi connectivity index (χ4n) is 1.48. The molecule has 0 radical (unpaired) electrons. The van der Waals surface area contributed by atoms with E-state index < -0.39 is 0 Å². The van der Waals surface area contributed by atoms with Crippen molar-refractivity contribution < 1.29 is 4.79 Å². The van der Waals surface area contributed by atoms with Crippen LogP contribution in [-0.4, -0.2) is 17.8 Å². The van der Waals surface area contributed by atoms with E-state index in [0.717, 1.165) is 12.8 Å². The predicted molar refractivity (Wildman–Crippen MR) is 50.3 cm³/mol. The van der Waals surface area contributed by atoms with Crippen molar-refractivity contribution in [3.05, 3.63) is 0 Å². The zero-order valence-corrected chi connectivity index (χ0v) is 8.23. The van der Waals surface area contributed by atoms with Gasteiger partial charge in [-0.2, -0.15) is 0 Å². The number of carbonyl (C=O) groups excluding carboxylic acids is 1. The highest BCUT2D eigenvalue weighted by molar-refractivity contribution is 6.19. The number of rotatable bonds is 3. The van der Waals surface area contributed by atoms with Crippen molar-refractivity contribution in [3.8, 4) is 0 Å². The van der Waals surface area contributed by atoms with E-state index in [2.05, 4.69) is 5.32 Å². The zero-order chi connectivity index (χ0) is 8.97. The summed E-state index contributed by atoms with van der Waals surface area (Å²) in [6.07, 6.45) is 4.78. The third-order valence-corrected chi connectivity index (χ3v) is 2.84. The second kappa shape index (κ2) is 4.70. The average molecular weight is 190 g/mol. The molecule has 1 fully saturated rings. The molecule has 0 saturated heterocycles. The van der Waals surface area contributed by atoms with Crippen molar-refractivity contribution in [3.63, 3.8) is 0 Å². The maximum absolute atomic E-state index is 11.3. The first-order valence-corrected chi connectivity index (χ1v) is 5.14. The Morgan fingerprint density at radius 2 is 2.17 bits per heavy atom. The summed E-state index contributed by atoms with van der Waals surface area (Å²) in [6, 6.07) is 0.420. The zero-order valence-electron chi connectivity index (χ0n) is 7.48. The van der Waals surface area contributed by atoms with Gasteiger partial charge in [-0.05, 0) is 12.8 Å². The molecule has 3 heteroatoms. The molecule has 0 bridgehead atoms. The Morgan fingerprint density at radius 3 is 2.67 bits per heavy atom. The summed E-state index contributed by atoms with van der Waals surface area (Å²) in [5, 5.41) is 3.01. The maximum Gasteiger partial charge on any atom is 0.224 e. The summed E-state index contributed by atoms with van der Waals surface area (Å²) in [5.41, 5.74) is 0. The predicted octanol–water partition coefficient (Wildman–Crippen LogP) is 1.92. The third-order valence-electron chi connectivity index (χ3n) is 2.38. The van der Waals surface area contributed by atoms with Gasteiger partial charge < -0.3 is 5.32 Å². The first-order chi connectivity index (χ1) is 5.74. The number of carbonyl (C=O) groups is 1. The lowest BCUT2D eigenvalue weighted by Crippen LogP contribution is -2.36. The second-order valence-corrected chi connectivity index (χ2v) is 3.85. The smallest absolute Gasteiger partial charge is 0.224 e. The molecule has 1 amide bonds. The molecule has 2 nitrogen and oxygen atoms in total. The monoisotopic (exact) mass is 189 g/mol. The first-order valence-electron chi connectivity index (χ1n) is 4.60. The van der Waals surface area contributed by atoms with Crippen LogP contribution in [0, 0.1) is 5.92 Å². The van der Waals surface area contributed by atoms with E-state index >= 15 is 0 Å². The minimum atomic E-state index is -0.0488. The van der Waals surface area contributed by atoms with Crippen LogP contribution >= 0.6 is 11.6 Å². The molecular formula is C9H16ClNO. The molecule has 1 unspecified atom stereocenters. The molecule has 0 aromatic rings. The van der Waals surface area contributed by atoms with Gasteiger partial charge in [0.05, 0.1) is 0 Å². The van der Waals surface area contributed by atoms with E-state index in [1.54, 1.807) is 0 Å².